The van der Waals surface area contributed by atoms with E-state index in [1.807, 2.05) is 12.1 Å². The lowest BCUT2D eigenvalue weighted by molar-refractivity contribution is 0.0992. The molecule has 2 amide bonds. The SMILES string of the molecule is NC(=O)c1ccc2[nH]c3c(C(N)=O)ccc(N4CCCCC4)c3c2c1. The number of carbonyl (C=O) groups excluding carboxylic acids is 2. The number of hydrogen-bond donors (Lipinski definition) is 3. The van der Waals surface area contributed by atoms with Gasteiger partial charge in [-0.2, -0.15) is 0 Å². The average molecular weight is 336 g/mol. The monoisotopic (exact) mass is 336 g/mol. The van der Waals surface area contributed by atoms with Crippen LogP contribution in [0.15, 0.2) is 30.3 Å². The van der Waals surface area contributed by atoms with E-state index in [4.69, 9.17) is 11.5 Å². The standard InChI is InChI=1S/C19H20N4O2/c20-18(24)11-4-6-14-13(10-11)16-15(23-8-2-1-3-9-23)7-5-12(19(21)25)17(16)22-14/h4-7,10,22H,1-3,8-9H2,(H2,20,24)(H2,21,25). The number of nitrogens with two attached hydrogens (primary N) is 2. The third-order valence-electron chi connectivity index (χ3n) is 4.98. The van der Waals surface area contributed by atoms with Crippen LogP contribution in [0.3, 0.4) is 0 Å². The fourth-order valence-electron chi connectivity index (χ4n) is 3.75. The summed E-state index contributed by atoms with van der Waals surface area (Å²) in [5.74, 6) is -0.946. The molecule has 1 aliphatic rings. The molecule has 6 heteroatoms. The van der Waals surface area contributed by atoms with Gasteiger partial charge < -0.3 is 21.4 Å². The van der Waals surface area contributed by atoms with Crippen LogP contribution in [0, 0.1) is 0 Å². The minimum absolute atomic E-state index is 0.447. The summed E-state index contributed by atoms with van der Waals surface area (Å²) in [6, 6.07) is 9.02. The zero-order valence-corrected chi connectivity index (χ0v) is 13.8. The summed E-state index contributed by atoms with van der Waals surface area (Å²) >= 11 is 0. The Kier molecular flexibility index (Phi) is 3.60. The number of anilines is 1. The largest absolute Gasteiger partial charge is 0.371 e. The molecule has 5 N–H and O–H groups in total. The summed E-state index contributed by atoms with van der Waals surface area (Å²) in [5, 5.41) is 1.81. The molecular formula is C19H20N4O2. The van der Waals surface area contributed by atoms with Crippen molar-refractivity contribution in [3.63, 3.8) is 0 Å². The molecule has 1 aromatic heterocycles. The summed E-state index contributed by atoms with van der Waals surface area (Å²) in [4.78, 5) is 29.1. The van der Waals surface area contributed by atoms with Crippen molar-refractivity contribution in [2.75, 3.05) is 18.0 Å². The van der Waals surface area contributed by atoms with Crippen LogP contribution in [-0.4, -0.2) is 29.9 Å². The molecule has 1 saturated heterocycles. The van der Waals surface area contributed by atoms with E-state index in [1.54, 1.807) is 18.2 Å². The van der Waals surface area contributed by atoms with Crippen LogP contribution in [0.4, 0.5) is 5.69 Å². The molecule has 0 atom stereocenters. The van der Waals surface area contributed by atoms with E-state index in [0.717, 1.165) is 47.9 Å². The number of rotatable bonds is 3. The van der Waals surface area contributed by atoms with Crippen molar-refractivity contribution < 1.29 is 9.59 Å². The number of aromatic nitrogens is 1. The molecule has 0 unspecified atom stereocenters. The highest BCUT2D eigenvalue weighted by Crippen LogP contribution is 2.37. The maximum absolute atomic E-state index is 11.9. The zero-order valence-electron chi connectivity index (χ0n) is 13.8. The molecule has 0 bridgehead atoms. The van der Waals surface area contributed by atoms with E-state index in [1.165, 1.54) is 6.42 Å². The van der Waals surface area contributed by atoms with Crippen LogP contribution in [0.5, 0.6) is 0 Å². The van der Waals surface area contributed by atoms with Gasteiger partial charge in [0.2, 0.25) is 5.91 Å². The second kappa shape index (κ2) is 5.81. The highest BCUT2D eigenvalue weighted by molar-refractivity contribution is 6.20. The number of aromatic amines is 1. The fraction of sp³-hybridized carbons (Fsp3) is 0.263. The first-order chi connectivity index (χ1) is 12.1. The number of carbonyl (C=O) groups is 2. The Morgan fingerprint density at radius 3 is 2.40 bits per heavy atom. The number of primary amides is 2. The number of hydrogen-bond acceptors (Lipinski definition) is 3. The number of amides is 2. The van der Waals surface area contributed by atoms with Crippen LogP contribution in [0.25, 0.3) is 21.8 Å². The number of nitrogens with zero attached hydrogens (tertiary/aromatic N) is 1. The number of piperidine rings is 1. The van der Waals surface area contributed by atoms with Crippen molar-refractivity contribution in [1.29, 1.82) is 0 Å². The Bertz CT molecular complexity index is 999. The molecule has 0 saturated carbocycles. The molecule has 2 aromatic carbocycles. The summed E-state index contributed by atoms with van der Waals surface area (Å²) in [7, 11) is 0. The Balaban J connectivity index is 2.05. The van der Waals surface area contributed by atoms with Crippen LogP contribution < -0.4 is 16.4 Å². The van der Waals surface area contributed by atoms with Gasteiger partial charge in [0.25, 0.3) is 5.91 Å². The number of H-pyrrole nitrogens is 1. The lowest BCUT2D eigenvalue weighted by Gasteiger charge is -2.29. The van der Waals surface area contributed by atoms with Crippen LogP contribution in [-0.2, 0) is 0 Å². The van der Waals surface area contributed by atoms with Gasteiger partial charge in [-0.15, -0.1) is 0 Å². The van der Waals surface area contributed by atoms with Gasteiger partial charge in [-0.25, -0.2) is 0 Å². The first-order valence-corrected chi connectivity index (χ1v) is 8.49. The van der Waals surface area contributed by atoms with Gasteiger partial charge in [-0.05, 0) is 49.6 Å². The molecule has 0 radical (unpaired) electrons. The predicted molar refractivity (Wildman–Crippen MR) is 98.9 cm³/mol. The molecule has 25 heavy (non-hydrogen) atoms. The quantitative estimate of drug-likeness (QED) is 0.684. The first kappa shape index (κ1) is 15.5. The van der Waals surface area contributed by atoms with Gasteiger partial charge in [0.15, 0.2) is 0 Å². The van der Waals surface area contributed by atoms with Crippen molar-refractivity contribution in [3.05, 3.63) is 41.5 Å². The van der Waals surface area contributed by atoms with E-state index in [0.29, 0.717) is 16.6 Å². The molecular weight excluding hydrogens is 316 g/mol. The Morgan fingerprint density at radius 1 is 0.960 bits per heavy atom. The minimum Gasteiger partial charge on any atom is -0.371 e. The maximum Gasteiger partial charge on any atom is 0.250 e. The summed E-state index contributed by atoms with van der Waals surface area (Å²) in [5.41, 5.74) is 14.5. The van der Waals surface area contributed by atoms with Gasteiger partial charge in [-0.1, -0.05) is 0 Å². The molecule has 2 heterocycles. The summed E-state index contributed by atoms with van der Waals surface area (Å²) < 4.78 is 0. The van der Waals surface area contributed by atoms with Gasteiger partial charge in [-0.3, -0.25) is 9.59 Å². The van der Waals surface area contributed by atoms with Crippen LogP contribution in [0.1, 0.15) is 40.0 Å². The Hall–Kier alpha value is -3.02. The molecule has 3 aromatic rings. The lowest BCUT2D eigenvalue weighted by atomic mass is 10.0. The fourth-order valence-corrected chi connectivity index (χ4v) is 3.75. The number of fused-ring (bicyclic) bond motifs is 3. The van der Waals surface area contributed by atoms with Crippen LogP contribution in [0.2, 0.25) is 0 Å². The summed E-state index contributed by atoms with van der Waals surface area (Å²) in [6.45, 7) is 1.96. The predicted octanol–water partition coefficient (Wildman–Crippen LogP) is 2.51. The van der Waals surface area contributed by atoms with Crippen molar-refractivity contribution in [2.24, 2.45) is 11.5 Å². The van der Waals surface area contributed by atoms with E-state index < -0.39 is 11.8 Å². The van der Waals surface area contributed by atoms with Crippen molar-refractivity contribution in [3.8, 4) is 0 Å². The lowest BCUT2D eigenvalue weighted by Crippen LogP contribution is -2.29. The van der Waals surface area contributed by atoms with Gasteiger partial charge in [0.1, 0.15) is 0 Å². The molecule has 6 nitrogen and oxygen atoms in total. The highest BCUT2D eigenvalue weighted by Gasteiger charge is 2.20. The van der Waals surface area contributed by atoms with Crippen molar-refractivity contribution >= 4 is 39.3 Å². The number of benzene rings is 2. The van der Waals surface area contributed by atoms with Gasteiger partial charge >= 0.3 is 0 Å². The second-order valence-electron chi connectivity index (χ2n) is 6.54. The third kappa shape index (κ3) is 2.50. The maximum atomic E-state index is 11.9. The molecule has 1 fully saturated rings. The van der Waals surface area contributed by atoms with E-state index in [-0.39, 0.29) is 0 Å². The summed E-state index contributed by atoms with van der Waals surface area (Å²) in [6.07, 6.45) is 3.53. The van der Waals surface area contributed by atoms with E-state index >= 15 is 0 Å². The first-order valence-electron chi connectivity index (χ1n) is 8.49. The Morgan fingerprint density at radius 2 is 1.72 bits per heavy atom. The Labute approximate surface area is 144 Å². The normalized spacial score (nSPS) is 15.0. The molecule has 128 valence electrons. The zero-order chi connectivity index (χ0) is 17.6. The van der Waals surface area contributed by atoms with Crippen molar-refractivity contribution in [2.45, 2.75) is 19.3 Å². The van der Waals surface area contributed by atoms with Crippen LogP contribution >= 0.6 is 0 Å². The average Bonchev–Trinajstić information content (AvgIpc) is 3.00. The second-order valence-corrected chi connectivity index (χ2v) is 6.54. The molecule has 1 aliphatic heterocycles. The van der Waals surface area contributed by atoms with Crippen molar-refractivity contribution in [1.82, 2.24) is 4.98 Å². The molecule has 0 aliphatic carbocycles. The van der Waals surface area contributed by atoms with E-state index in [9.17, 15) is 9.59 Å². The smallest absolute Gasteiger partial charge is 0.250 e. The number of nitrogens with one attached hydrogen (secondary N) is 1. The topological polar surface area (TPSA) is 105 Å². The highest BCUT2D eigenvalue weighted by atomic mass is 16.1. The molecule has 0 spiro atoms. The third-order valence-corrected chi connectivity index (χ3v) is 4.98. The molecule has 4 rings (SSSR count). The minimum atomic E-state index is -0.475. The van der Waals surface area contributed by atoms with E-state index in [2.05, 4.69) is 9.88 Å². The van der Waals surface area contributed by atoms with Gasteiger partial charge in [0.05, 0.1) is 11.1 Å². The van der Waals surface area contributed by atoms with Gasteiger partial charge in [0, 0.05) is 40.6 Å².